The molecule has 0 saturated carbocycles. The van der Waals surface area contributed by atoms with Gasteiger partial charge in [0.05, 0.1) is 11.3 Å². The zero-order valence-electron chi connectivity index (χ0n) is 23.8. The molecule has 6 rings (SSSR count). The first-order valence-electron chi connectivity index (χ1n) is 13.8. The molecule has 2 amide bonds. The van der Waals surface area contributed by atoms with Crippen molar-refractivity contribution in [1.29, 1.82) is 0 Å². The van der Waals surface area contributed by atoms with Gasteiger partial charge < -0.3 is 25.4 Å². The van der Waals surface area contributed by atoms with E-state index in [1.54, 1.807) is 77.6 Å². The molecule has 2 aromatic heterocycles. The second-order valence-electron chi connectivity index (χ2n) is 10.5. The molecule has 0 bridgehead atoms. The summed E-state index contributed by atoms with van der Waals surface area (Å²) in [7, 11) is -4.24. The molecule has 1 unspecified atom stereocenters. The van der Waals surface area contributed by atoms with Crippen LogP contribution in [0.15, 0.2) is 78.2 Å². The van der Waals surface area contributed by atoms with Crippen LogP contribution in [0.3, 0.4) is 0 Å². The van der Waals surface area contributed by atoms with Crippen molar-refractivity contribution in [3.8, 4) is 17.4 Å². The molecular weight excluding hydrogens is 588 g/mol. The third-order valence-electron chi connectivity index (χ3n) is 7.56. The van der Waals surface area contributed by atoms with Crippen LogP contribution in [0.5, 0.6) is 11.5 Å². The highest BCUT2D eigenvalue weighted by atomic mass is 32.2. The van der Waals surface area contributed by atoms with Crippen LogP contribution in [0, 0.1) is 6.92 Å². The van der Waals surface area contributed by atoms with Crippen LogP contribution < -0.4 is 25.4 Å². The maximum Gasteiger partial charge on any atom is 0.244 e. The lowest BCUT2D eigenvalue weighted by molar-refractivity contribution is -0.134. The van der Waals surface area contributed by atoms with E-state index in [0.717, 1.165) is 9.87 Å². The molecule has 1 saturated heterocycles. The molecule has 2 aliphatic rings. The van der Waals surface area contributed by atoms with Gasteiger partial charge in [-0.3, -0.25) is 14.2 Å². The number of carbonyl (C=O) groups is 2. The maximum absolute atomic E-state index is 14.0. The minimum Gasteiger partial charge on any atom is -0.454 e. The Hall–Kier alpha value is -5.02. The molecule has 0 aliphatic carbocycles. The van der Waals surface area contributed by atoms with Crippen molar-refractivity contribution in [2.75, 3.05) is 31.3 Å². The van der Waals surface area contributed by atoms with E-state index < -0.39 is 33.8 Å². The van der Waals surface area contributed by atoms with E-state index in [0.29, 0.717) is 29.0 Å². The number of sulfonamides is 1. The quantitative estimate of drug-likeness (QED) is 0.277. The number of benzene rings is 2. The highest BCUT2D eigenvalue weighted by molar-refractivity contribution is 7.89. The number of piperazine rings is 1. The fraction of sp³-hybridized carbons (Fsp3) is 0.276. The second kappa shape index (κ2) is 11.6. The van der Waals surface area contributed by atoms with Crippen molar-refractivity contribution in [1.82, 2.24) is 29.1 Å². The zero-order chi connectivity index (χ0) is 30.9. The number of hydrogen-bond acceptors (Lipinski definition) is 10. The van der Waals surface area contributed by atoms with E-state index in [4.69, 9.17) is 15.2 Å². The molecule has 2 aromatic carbocycles. The number of nitrogens with one attached hydrogen (secondary N) is 1. The molecule has 1 fully saturated rings. The predicted molar refractivity (Wildman–Crippen MR) is 157 cm³/mol. The van der Waals surface area contributed by atoms with Gasteiger partial charge in [0.2, 0.25) is 34.6 Å². The first-order chi connectivity index (χ1) is 21.2. The first kappa shape index (κ1) is 29.1. The fourth-order valence-electron chi connectivity index (χ4n) is 5.37. The fourth-order valence-corrected chi connectivity index (χ4v) is 7.12. The number of aromatic nitrogens is 4. The normalized spacial score (nSPS) is 18.2. The molecule has 0 spiro atoms. The van der Waals surface area contributed by atoms with Crippen LogP contribution in [0.2, 0.25) is 0 Å². The number of carbonyl (C=O) groups excluding carboxylic acids is 2. The Morgan fingerprint density at radius 3 is 2.59 bits per heavy atom. The van der Waals surface area contributed by atoms with Gasteiger partial charge in [-0.2, -0.15) is 9.29 Å². The second-order valence-corrected chi connectivity index (χ2v) is 12.3. The molecule has 228 valence electrons. The molecule has 4 aromatic rings. The number of primary amides is 1. The molecule has 1 atom stereocenters. The average molecular weight is 619 g/mol. The molecule has 3 N–H and O–H groups in total. The Balaban J connectivity index is 1.33. The maximum atomic E-state index is 14.0. The molecular formula is C29H30N8O6S. The standard InChI is InChI=1S/C29H30N8O6S/c1-20-13-25(34-28(33-20)36-10-9-31-18-36)35-11-12-37(44(40,41)22-5-3-2-4-6-22)29(17-35,27(30)39)15-26(38)32-16-21-7-8-23-24(14-21)43-19-42-23/h2-10,13-14,18H,11-12,15-17,19H2,1H3,(H2,30,39)(H,32,38). The van der Waals surface area contributed by atoms with E-state index in [2.05, 4.69) is 20.3 Å². The lowest BCUT2D eigenvalue weighted by atomic mass is 9.90. The van der Waals surface area contributed by atoms with Crippen LogP contribution in [0.1, 0.15) is 17.7 Å². The third kappa shape index (κ3) is 5.54. The van der Waals surface area contributed by atoms with Gasteiger partial charge in [0.1, 0.15) is 17.7 Å². The molecule has 4 heterocycles. The Bertz CT molecular complexity index is 1800. The highest BCUT2D eigenvalue weighted by Gasteiger charge is 2.53. The summed E-state index contributed by atoms with van der Waals surface area (Å²) in [5.74, 6) is 0.444. The summed E-state index contributed by atoms with van der Waals surface area (Å²) >= 11 is 0. The number of amides is 2. The van der Waals surface area contributed by atoms with Crippen molar-refractivity contribution < 1.29 is 27.5 Å². The third-order valence-corrected chi connectivity index (χ3v) is 9.54. The SMILES string of the molecule is Cc1cc(N2CCN(S(=O)(=O)c3ccccc3)C(CC(=O)NCc3ccc4c(c3)OCO4)(C(N)=O)C2)nc(-n2ccnc2)n1. The number of nitrogens with two attached hydrogens (primary N) is 1. The van der Waals surface area contributed by atoms with Crippen molar-refractivity contribution in [3.63, 3.8) is 0 Å². The van der Waals surface area contributed by atoms with Gasteiger partial charge in [0.25, 0.3) is 0 Å². The Morgan fingerprint density at radius 1 is 1.05 bits per heavy atom. The van der Waals surface area contributed by atoms with Gasteiger partial charge in [0.15, 0.2) is 11.5 Å². The molecule has 44 heavy (non-hydrogen) atoms. The van der Waals surface area contributed by atoms with Crippen LogP contribution in [0.4, 0.5) is 5.82 Å². The number of ether oxygens (including phenoxy) is 2. The van der Waals surface area contributed by atoms with Crippen LogP contribution in [-0.2, 0) is 26.2 Å². The number of imidazole rings is 1. The predicted octanol–water partition coefficient (Wildman–Crippen LogP) is 1.14. The zero-order valence-corrected chi connectivity index (χ0v) is 24.6. The first-order valence-corrected chi connectivity index (χ1v) is 15.2. The minimum absolute atomic E-state index is 0.0138. The van der Waals surface area contributed by atoms with Gasteiger partial charge >= 0.3 is 0 Å². The number of aryl methyl sites for hydroxylation is 1. The van der Waals surface area contributed by atoms with Crippen molar-refractivity contribution in [2.45, 2.75) is 30.3 Å². The Kier molecular flexibility index (Phi) is 7.65. The summed E-state index contributed by atoms with van der Waals surface area (Å²) in [6.07, 6.45) is 4.33. The molecule has 14 nitrogen and oxygen atoms in total. The molecule has 0 radical (unpaired) electrons. The number of hydrogen-bond donors (Lipinski definition) is 2. The van der Waals surface area contributed by atoms with Crippen molar-refractivity contribution in [2.24, 2.45) is 5.73 Å². The Labute approximate surface area is 253 Å². The van der Waals surface area contributed by atoms with Gasteiger partial charge in [-0.1, -0.05) is 24.3 Å². The largest absolute Gasteiger partial charge is 0.454 e. The van der Waals surface area contributed by atoms with Crippen LogP contribution in [-0.4, -0.2) is 76.0 Å². The summed E-state index contributed by atoms with van der Waals surface area (Å²) in [6, 6.07) is 14.8. The van der Waals surface area contributed by atoms with Gasteiger partial charge in [-0.05, 0) is 36.8 Å². The van der Waals surface area contributed by atoms with Crippen molar-refractivity contribution in [3.05, 3.63) is 84.6 Å². The highest BCUT2D eigenvalue weighted by Crippen LogP contribution is 2.35. The summed E-state index contributed by atoms with van der Waals surface area (Å²) in [6.45, 7) is 1.86. The topological polar surface area (TPSA) is 175 Å². The van der Waals surface area contributed by atoms with Crippen LogP contribution in [0.25, 0.3) is 5.95 Å². The lowest BCUT2D eigenvalue weighted by Crippen LogP contribution is -2.70. The van der Waals surface area contributed by atoms with E-state index in [1.807, 2.05) is 0 Å². The summed E-state index contributed by atoms with van der Waals surface area (Å²) < 4.78 is 41.4. The number of nitrogens with zero attached hydrogens (tertiary/aromatic N) is 6. The van der Waals surface area contributed by atoms with Gasteiger partial charge in [0, 0.05) is 50.3 Å². The van der Waals surface area contributed by atoms with Gasteiger partial charge in [-0.25, -0.2) is 18.4 Å². The number of rotatable bonds is 9. The summed E-state index contributed by atoms with van der Waals surface area (Å²) in [4.78, 5) is 41.8. The Morgan fingerprint density at radius 2 is 1.84 bits per heavy atom. The van der Waals surface area contributed by atoms with Crippen molar-refractivity contribution >= 4 is 27.7 Å². The molecule has 15 heteroatoms. The van der Waals surface area contributed by atoms with E-state index in [1.165, 1.54) is 12.1 Å². The molecule has 2 aliphatic heterocycles. The minimum atomic E-state index is -4.24. The van der Waals surface area contributed by atoms with Gasteiger partial charge in [-0.15, -0.1) is 0 Å². The summed E-state index contributed by atoms with van der Waals surface area (Å²) in [5.41, 5.74) is 5.47. The monoisotopic (exact) mass is 618 g/mol. The lowest BCUT2D eigenvalue weighted by Gasteiger charge is -2.47. The number of anilines is 1. The van der Waals surface area contributed by atoms with E-state index >= 15 is 0 Å². The van der Waals surface area contributed by atoms with E-state index in [9.17, 15) is 18.0 Å². The summed E-state index contributed by atoms with van der Waals surface area (Å²) in [5, 5.41) is 2.80. The smallest absolute Gasteiger partial charge is 0.244 e. The van der Waals surface area contributed by atoms with Crippen LogP contribution >= 0.6 is 0 Å². The van der Waals surface area contributed by atoms with E-state index in [-0.39, 0.29) is 37.9 Å². The average Bonchev–Trinajstić information content (AvgIpc) is 3.73. The number of fused-ring (bicyclic) bond motifs is 1.